The molecular weight excluding hydrogens is 777 g/mol. The number of rotatable bonds is 21. The van der Waals surface area contributed by atoms with Crippen LogP contribution in [-0.2, 0) is 40.4 Å². The summed E-state index contributed by atoms with van der Waals surface area (Å²) >= 11 is 1.46. The fraction of sp³-hybridized carbons (Fsp3) is 0.429. The normalized spacial score (nSPS) is 15.9. The number of nitrogens with one attached hydrogen (secondary N) is 3. The van der Waals surface area contributed by atoms with Gasteiger partial charge in [0.25, 0.3) is 5.91 Å². The molecule has 17 heteroatoms. The molecule has 316 valence electrons. The molecule has 6 N–H and O–H groups in total. The molecule has 5 amide bonds. The fourth-order valence-corrected chi connectivity index (χ4v) is 7.72. The summed E-state index contributed by atoms with van der Waals surface area (Å²) in [5, 5.41) is 41.0. The lowest BCUT2D eigenvalue weighted by Crippen LogP contribution is -2.60. The van der Waals surface area contributed by atoms with E-state index in [0.29, 0.717) is 32.7 Å². The standard InChI is InChI=1S/C42H54N8O8S/c1-5-27(2)38(50-20-19-48(42(50)57)23-32-26-59-36(44-32)25-58-4)40(54)45-34(21-29-11-7-6-8-12-29)35(52)24-49(47-39(53)37(28(3)51)46-41(55)56)22-30-14-16-31(17-15-30)33-13-9-10-18-43-33/h6-18,26-28,34-35,37-38,46,51-52H,5,19-25H2,1-4H3,(H,45,54)(H,47,53)(H,55,56)/t27?,28-,34?,35?,37+,38?/m1/s1. The summed E-state index contributed by atoms with van der Waals surface area (Å²) in [6, 6.07) is 18.8. The highest BCUT2D eigenvalue weighted by Crippen LogP contribution is 2.24. The van der Waals surface area contributed by atoms with Crippen molar-refractivity contribution in [3.63, 3.8) is 0 Å². The van der Waals surface area contributed by atoms with Crippen LogP contribution in [0.3, 0.4) is 0 Å². The molecular formula is C42H54N8O8S. The van der Waals surface area contributed by atoms with Gasteiger partial charge in [-0.25, -0.2) is 19.6 Å². The van der Waals surface area contributed by atoms with Crippen LogP contribution in [0.15, 0.2) is 84.4 Å². The molecule has 59 heavy (non-hydrogen) atoms. The number of thiazole rings is 1. The van der Waals surface area contributed by atoms with Crippen molar-refractivity contribution in [2.45, 2.75) is 83.6 Å². The summed E-state index contributed by atoms with van der Waals surface area (Å²) < 4.78 is 5.19. The lowest BCUT2D eigenvalue weighted by atomic mass is 9.95. The van der Waals surface area contributed by atoms with E-state index in [2.05, 4.69) is 20.7 Å². The van der Waals surface area contributed by atoms with Crippen molar-refractivity contribution < 1.29 is 39.2 Å². The molecule has 1 aliphatic heterocycles. The largest absolute Gasteiger partial charge is 0.465 e. The maximum absolute atomic E-state index is 14.5. The molecule has 2 aromatic carbocycles. The second-order valence-corrected chi connectivity index (χ2v) is 15.6. The number of methoxy groups -OCH3 is 1. The minimum atomic E-state index is -1.52. The number of aromatic nitrogens is 2. The number of carbonyl (C=O) groups excluding carboxylic acids is 3. The van der Waals surface area contributed by atoms with E-state index in [4.69, 9.17) is 4.74 Å². The van der Waals surface area contributed by atoms with E-state index in [0.717, 1.165) is 33.1 Å². The van der Waals surface area contributed by atoms with Gasteiger partial charge in [-0.15, -0.1) is 11.3 Å². The zero-order chi connectivity index (χ0) is 42.5. The molecule has 6 atom stereocenters. The lowest BCUT2D eigenvalue weighted by molar-refractivity contribution is -0.132. The van der Waals surface area contributed by atoms with Crippen LogP contribution in [0.25, 0.3) is 11.3 Å². The van der Waals surface area contributed by atoms with Crippen LogP contribution < -0.4 is 16.1 Å². The fourth-order valence-electron chi connectivity index (χ4n) is 6.96. The lowest BCUT2D eigenvalue weighted by Gasteiger charge is -2.35. The maximum atomic E-state index is 14.5. The van der Waals surface area contributed by atoms with Gasteiger partial charge in [0.15, 0.2) is 0 Å². The molecule has 0 saturated carbocycles. The van der Waals surface area contributed by atoms with E-state index in [1.807, 2.05) is 97.3 Å². The topological polar surface area (TPSA) is 210 Å². The molecule has 16 nitrogen and oxygen atoms in total. The van der Waals surface area contributed by atoms with E-state index < -0.39 is 48.2 Å². The number of aliphatic hydroxyl groups is 2. The van der Waals surface area contributed by atoms with Gasteiger partial charge in [-0.2, -0.15) is 0 Å². The Bertz CT molecular complexity index is 1970. The summed E-state index contributed by atoms with van der Waals surface area (Å²) in [6.45, 7) is 6.43. The molecule has 2 aromatic heterocycles. The Morgan fingerprint density at radius 3 is 2.32 bits per heavy atom. The number of carbonyl (C=O) groups is 4. The van der Waals surface area contributed by atoms with E-state index >= 15 is 0 Å². The minimum Gasteiger partial charge on any atom is -0.465 e. The first-order chi connectivity index (χ1) is 28.4. The number of urea groups is 1. The van der Waals surface area contributed by atoms with Crippen LogP contribution in [0.5, 0.6) is 0 Å². The molecule has 0 bridgehead atoms. The molecule has 0 spiro atoms. The van der Waals surface area contributed by atoms with Gasteiger partial charge >= 0.3 is 12.1 Å². The minimum absolute atomic E-state index is 0.0659. The van der Waals surface area contributed by atoms with E-state index in [1.54, 1.807) is 23.1 Å². The van der Waals surface area contributed by atoms with Gasteiger partial charge < -0.3 is 40.5 Å². The highest BCUT2D eigenvalue weighted by atomic mass is 32.1. The van der Waals surface area contributed by atoms with Crippen molar-refractivity contribution in [2.24, 2.45) is 5.92 Å². The number of nitrogens with zero attached hydrogens (tertiary/aromatic N) is 5. The van der Waals surface area contributed by atoms with Gasteiger partial charge in [-0.3, -0.25) is 20.0 Å². The molecule has 1 aliphatic rings. The Labute approximate surface area is 348 Å². The van der Waals surface area contributed by atoms with Crippen LogP contribution in [0.1, 0.15) is 49.0 Å². The monoisotopic (exact) mass is 830 g/mol. The predicted molar refractivity (Wildman–Crippen MR) is 222 cm³/mol. The molecule has 4 aromatic rings. The predicted octanol–water partition coefficient (Wildman–Crippen LogP) is 3.64. The molecule has 1 fully saturated rings. The van der Waals surface area contributed by atoms with E-state index in [1.165, 1.54) is 23.3 Å². The van der Waals surface area contributed by atoms with Gasteiger partial charge in [0.05, 0.1) is 42.8 Å². The smallest absolute Gasteiger partial charge is 0.405 e. The quantitative estimate of drug-likeness (QED) is 0.0668. The Morgan fingerprint density at radius 1 is 0.949 bits per heavy atom. The number of ether oxygens (including phenoxy) is 1. The average molecular weight is 831 g/mol. The Balaban J connectivity index is 1.38. The Kier molecular flexibility index (Phi) is 16.3. The van der Waals surface area contributed by atoms with Gasteiger partial charge in [-0.1, -0.05) is 80.9 Å². The summed E-state index contributed by atoms with van der Waals surface area (Å²) in [5.41, 5.74) is 6.64. The number of hydrogen-bond acceptors (Lipinski definition) is 11. The summed E-state index contributed by atoms with van der Waals surface area (Å²) in [6.07, 6.45) is -1.65. The molecule has 0 radical (unpaired) electrons. The average Bonchev–Trinajstić information content (AvgIpc) is 3.82. The number of aliphatic hydroxyl groups excluding tert-OH is 2. The summed E-state index contributed by atoms with van der Waals surface area (Å²) in [5.74, 6) is -1.50. The van der Waals surface area contributed by atoms with Crippen molar-refractivity contribution in [1.29, 1.82) is 0 Å². The number of benzene rings is 2. The molecule has 5 rings (SSSR count). The van der Waals surface area contributed by atoms with Gasteiger partial charge in [-0.05, 0) is 42.5 Å². The van der Waals surface area contributed by atoms with Crippen LogP contribution in [-0.4, -0.2) is 121 Å². The zero-order valence-electron chi connectivity index (χ0n) is 33.7. The Morgan fingerprint density at radius 2 is 1.68 bits per heavy atom. The third kappa shape index (κ3) is 12.5. The molecule has 3 heterocycles. The molecule has 4 unspecified atom stereocenters. The number of hydrogen-bond donors (Lipinski definition) is 6. The van der Waals surface area contributed by atoms with Gasteiger partial charge in [0.1, 0.15) is 17.1 Å². The van der Waals surface area contributed by atoms with Crippen molar-refractivity contribution in [3.05, 3.63) is 106 Å². The van der Waals surface area contributed by atoms with Crippen molar-refractivity contribution >= 4 is 35.3 Å². The van der Waals surface area contributed by atoms with Crippen molar-refractivity contribution in [3.8, 4) is 11.3 Å². The number of hydrazine groups is 1. The molecule has 1 saturated heterocycles. The number of amides is 5. The maximum Gasteiger partial charge on any atom is 0.405 e. The van der Waals surface area contributed by atoms with Crippen LogP contribution >= 0.6 is 11.3 Å². The third-order valence-corrected chi connectivity index (χ3v) is 11.1. The van der Waals surface area contributed by atoms with Gasteiger partial charge in [0, 0.05) is 50.4 Å². The van der Waals surface area contributed by atoms with Crippen molar-refractivity contribution in [1.82, 2.24) is 40.8 Å². The van der Waals surface area contributed by atoms with Crippen LogP contribution in [0.2, 0.25) is 0 Å². The van der Waals surface area contributed by atoms with E-state index in [-0.39, 0.29) is 31.5 Å². The van der Waals surface area contributed by atoms with Crippen LogP contribution in [0, 0.1) is 5.92 Å². The van der Waals surface area contributed by atoms with E-state index in [9.17, 15) is 34.5 Å². The van der Waals surface area contributed by atoms with Gasteiger partial charge in [0.2, 0.25) is 5.91 Å². The summed E-state index contributed by atoms with van der Waals surface area (Å²) in [7, 11) is 1.60. The summed E-state index contributed by atoms with van der Waals surface area (Å²) in [4.78, 5) is 65.5. The van der Waals surface area contributed by atoms with Crippen molar-refractivity contribution in [2.75, 3.05) is 26.7 Å². The zero-order valence-corrected chi connectivity index (χ0v) is 34.5. The molecule has 0 aliphatic carbocycles. The highest BCUT2D eigenvalue weighted by molar-refractivity contribution is 7.09. The van der Waals surface area contributed by atoms with Crippen LogP contribution in [0.4, 0.5) is 9.59 Å². The second kappa shape index (κ2) is 21.5. The number of carboxylic acid groups (broad SMARTS) is 1. The first-order valence-corrected chi connectivity index (χ1v) is 20.5. The second-order valence-electron chi connectivity index (χ2n) is 14.7. The third-order valence-electron chi connectivity index (χ3n) is 10.2. The highest BCUT2D eigenvalue weighted by Gasteiger charge is 2.41. The first-order valence-electron chi connectivity index (χ1n) is 19.6. The number of pyridine rings is 1. The first kappa shape index (κ1) is 44.6. The Hall–Kier alpha value is -5.46. The SMILES string of the molecule is CCC(C)C(C(=O)NC(Cc1ccccc1)C(O)CN(Cc1ccc(-c2ccccn2)cc1)NC(=O)[C@@H](NC(=O)O)[C@@H](C)O)N1CCN(Cc2csc(COC)n2)C1=O.